The van der Waals surface area contributed by atoms with Crippen molar-refractivity contribution < 1.29 is 14.3 Å². The Labute approximate surface area is 95.9 Å². The van der Waals surface area contributed by atoms with Crippen molar-refractivity contribution >= 4 is 12.0 Å². The second kappa shape index (κ2) is 5.18. The molecular weight excluding hydrogens is 208 g/mol. The number of hydrogen-bond acceptors (Lipinski definition) is 3. The zero-order valence-corrected chi connectivity index (χ0v) is 10.1. The Bertz CT molecular complexity index is 271. The Balaban J connectivity index is 2.40. The van der Waals surface area contributed by atoms with Crippen molar-refractivity contribution in [2.24, 2.45) is 0 Å². The molecule has 1 fully saturated rings. The fourth-order valence-corrected chi connectivity index (χ4v) is 1.57. The molecule has 0 aromatic rings. The third-order valence-corrected chi connectivity index (χ3v) is 2.20. The predicted molar refractivity (Wildman–Crippen MR) is 60.0 cm³/mol. The molecule has 0 unspecified atom stereocenters. The predicted octanol–water partition coefficient (Wildman–Crippen LogP) is 1.18. The van der Waals surface area contributed by atoms with Crippen molar-refractivity contribution in [3.05, 3.63) is 0 Å². The first-order valence-corrected chi connectivity index (χ1v) is 5.63. The van der Waals surface area contributed by atoms with Crippen LogP contribution in [-0.4, -0.2) is 30.2 Å². The SMILES string of the molecule is CC(C)(C)OC(=O)N[C@H]1CCCNC(=O)C1. The first-order chi connectivity index (χ1) is 7.37. The van der Waals surface area contributed by atoms with Gasteiger partial charge in [-0.15, -0.1) is 0 Å². The third-order valence-electron chi connectivity index (χ3n) is 2.20. The smallest absolute Gasteiger partial charge is 0.407 e. The maximum Gasteiger partial charge on any atom is 0.407 e. The molecule has 2 amide bonds. The van der Waals surface area contributed by atoms with E-state index in [4.69, 9.17) is 4.74 Å². The van der Waals surface area contributed by atoms with Gasteiger partial charge in [0.05, 0.1) is 0 Å². The fourth-order valence-electron chi connectivity index (χ4n) is 1.57. The van der Waals surface area contributed by atoms with Crippen molar-refractivity contribution in [3.8, 4) is 0 Å². The molecule has 0 radical (unpaired) electrons. The van der Waals surface area contributed by atoms with E-state index in [1.54, 1.807) is 0 Å². The molecule has 0 spiro atoms. The number of nitrogens with one attached hydrogen (secondary N) is 2. The first-order valence-electron chi connectivity index (χ1n) is 5.63. The molecule has 0 aromatic heterocycles. The molecule has 92 valence electrons. The Morgan fingerprint density at radius 2 is 2.19 bits per heavy atom. The van der Waals surface area contributed by atoms with E-state index >= 15 is 0 Å². The molecular formula is C11H20N2O3. The van der Waals surface area contributed by atoms with Gasteiger partial charge in [-0.3, -0.25) is 4.79 Å². The van der Waals surface area contributed by atoms with Crippen LogP contribution in [0.2, 0.25) is 0 Å². The molecule has 1 saturated heterocycles. The lowest BCUT2D eigenvalue weighted by atomic mass is 10.1. The Morgan fingerprint density at radius 3 is 2.81 bits per heavy atom. The molecule has 1 aliphatic heterocycles. The second-order valence-corrected chi connectivity index (χ2v) is 5.04. The van der Waals surface area contributed by atoms with Gasteiger partial charge in [-0.25, -0.2) is 4.79 Å². The van der Waals surface area contributed by atoms with Crippen LogP contribution in [0, 0.1) is 0 Å². The van der Waals surface area contributed by atoms with Crippen LogP contribution in [0.25, 0.3) is 0 Å². The summed E-state index contributed by atoms with van der Waals surface area (Å²) in [6.07, 6.45) is 1.57. The highest BCUT2D eigenvalue weighted by Crippen LogP contribution is 2.10. The van der Waals surface area contributed by atoms with E-state index in [0.29, 0.717) is 13.0 Å². The summed E-state index contributed by atoms with van der Waals surface area (Å²) in [5.41, 5.74) is -0.503. The van der Waals surface area contributed by atoms with Gasteiger partial charge < -0.3 is 15.4 Å². The molecule has 1 rings (SSSR count). The summed E-state index contributed by atoms with van der Waals surface area (Å²) in [6.45, 7) is 6.12. The molecule has 2 N–H and O–H groups in total. The minimum atomic E-state index is -0.503. The lowest BCUT2D eigenvalue weighted by Gasteiger charge is -2.22. The quantitative estimate of drug-likeness (QED) is 0.708. The summed E-state index contributed by atoms with van der Waals surface area (Å²) in [5.74, 6) is -0.0152. The Kier molecular flexibility index (Phi) is 4.15. The summed E-state index contributed by atoms with van der Waals surface area (Å²) >= 11 is 0. The van der Waals surface area contributed by atoms with Crippen molar-refractivity contribution in [1.82, 2.24) is 10.6 Å². The largest absolute Gasteiger partial charge is 0.444 e. The van der Waals surface area contributed by atoms with Crippen LogP contribution in [0.5, 0.6) is 0 Å². The van der Waals surface area contributed by atoms with E-state index in [1.807, 2.05) is 20.8 Å². The molecule has 16 heavy (non-hydrogen) atoms. The van der Waals surface area contributed by atoms with E-state index in [-0.39, 0.29) is 11.9 Å². The zero-order chi connectivity index (χ0) is 12.2. The van der Waals surface area contributed by atoms with Gasteiger partial charge in [-0.05, 0) is 33.6 Å². The van der Waals surface area contributed by atoms with Gasteiger partial charge in [0, 0.05) is 19.0 Å². The molecule has 5 heteroatoms. The molecule has 5 nitrogen and oxygen atoms in total. The maximum atomic E-state index is 11.5. The lowest BCUT2D eigenvalue weighted by molar-refractivity contribution is -0.121. The van der Waals surface area contributed by atoms with Crippen LogP contribution in [0.15, 0.2) is 0 Å². The Hall–Kier alpha value is -1.26. The van der Waals surface area contributed by atoms with E-state index in [9.17, 15) is 9.59 Å². The average Bonchev–Trinajstić information content (AvgIpc) is 2.26. The first kappa shape index (κ1) is 12.8. The minimum absolute atomic E-state index is 0.0152. The van der Waals surface area contributed by atoms with Gasteiger partial charge in [-0.1, -0.05) is 0 Å². The summed E-state index contributed by atoms with van der Waals surface area (Å²) in [6, 6.07) is -0.114. The van der Waals surface area contributed by atoms with Crippen LogP contribution < -0.4 is 10.6 Å². The monoisotopic (exact) mass is 228 g/mol. The minimum Gasteiger partial charge on any atom is -0.444 e. The van der Waals surface area contributed by atoms with Gasteiger partial charge in [-0.2, -0.15) is 0 Å². The van der Waals surface area contributed by atoms with E-state index in [2.05, 4.69) is 10.6 Å². The van der Waals surface area contributed by atoms with Crippen LogP contribution in [-0.2, 0) is 9.53 Å². The van der Waals surface area contributed by atoms with Crippen molar-refractivity contribution in [2.75, 3.05) is 6.54 Å². The summed E-state index contributed by atoms with van der Waals surface area (Å²) in [5, 5.41) is 5.49. The molecule has 0 saturated carbocycles. The molecule has 0 aliphatic carbocycles. The summed E-state index contributed by atoms with van der Waals surface area (Å²) < 4.78 is 5.13. The number of alkyl carbamates (subject to hydrolysis) is 1. The van der Waals surface area contributed by atoms with Gasteiger partial charge in [0.25, 0.3) is 0 Å². The zero-order valence-electron chi connectivity index (χ0n) is 10.1. The second-order valence-electron chi connectivity index (χ2n) is 5.04. The highest BCUT2D eigenvalue weighted by molar-refractivity contribution is 5.78. The molecule has 1 atom stereocenters. The third kappa shape index (κ3) is 5.00. The normalized spacial score (nSPS) is 21.9. The van der Waals surface area contributed by atoms with Crippen molar-refractivity contribution in [1.29, 1.82) is 0 Å². The van der Waals surface area contributed by atoms with Crippen molar-refractivity contribution in [3.63, 3.8) is 0 Å². The fraction of sp³-hybridized carbons (Fsp3) is 0.818. The molecule has 1 aliphatic rings. The van der Waals surface area contributed by atoms with E-state index in [0.717, 1.165) is 12.8 Å². The number of carbonyl (C=O) groups excluding carboxylic acids is 2. The highest BCUT2D eigenvalue weighted by Gasteiger charge is 2.22. The highest BCUT2D eigenvalue weighted by atomic mass is 16.6. The standard InChI is InChI=1S/C11H20N2O3/c1-11(2,3)16-10(15)13-8-5-4-6-12-9(14)7-8/h8H,4-7H2,1-3H3,(H,12,14)(H,13,15)/t8-/m0/s1. The maximum absolute atomic E-state index is 11.5. The Morgan fingerprint density at radius 1 is 1.50 bits per heavy atom. The van der Waals surface area contributed by atoms with E-state index in [1.165, 1.54) is 0 Å². The summed E-state index contributed by atoms with van der Waals surface area (Å²) in [4.78, 5) is 22.7. The topological polar surface area (TPSA) is 67.4 Å². The average molecular weight is 228 g/mol. The summed E-state index contributed by atoms with van der Waals surface area (Å²) in [7, 11) is 0. The van der Waals surface area contributed by atoms with E-state index < -0.39 is 11.7 Å². The number of amides is 2. The molecule has 1 heterocycles. The van der Waals surface area contributed by atoms with Crippen LogP contribution in [0.3, 0.4) is 0 Å². The van der Waals surface area contributed by atoms with Crippen molar-refractivity contribution in [2.45, 2.75) is 51.7 Å². The van der Waals surface area contributed by atoms with Gasteiger partial charge in [0.15, 0.2) is 0 Å². The lowest BCUT2D eigenvalue weighted by Crippen LogP contribution is -2.40. The van der Waals surface area contributed by atoms with Gasteiger partial charge in [0.1, 0.15) is 5.60 Å². The van der Waals surface area contributed by atoms with Crippen LogP contribution in [0.4, 0.5) is 4.79 Å². The number of rotatable bonds is 1. The molecule has 0 aromatic carbocycles. The van der Waals surface area contributed by atoms with Gasteiger partial charge >= 0.3 is 6.09 Å². The van der Waals surface area contributed by atoms with Gasteiger partial charge in [0.2, 0.25) is 5.91 Å². The van der Waals surface area contributed by atoms with Crippen LogP contribution >= 0.6 is 0 Å². The number of hydrogen-bond donors (Lipinski definition) is 2. The number of carbonyl (C=O) groups is 2. The number of ether oxygens (including phenoxy) is 1. The van der Waals surface area contributed by atoms with Crippen LogP contribution in [0.1, 0.15) is 40.0 Å². The molecule has 0 bridgehead atoms.